The standard InChI is InChI=1S/C23H34F3N5O4/c1-14-12-30(20-27-10-16(11-28-20)23(24,25)26)8-6-17(14)31-9-7-18(19(31)32)34-13-15(2)29-21(33)35-22(3,4)5/h10-11,14-15,17-18H,6-9,12-13H2,1-5H3,(H,29,33)/t14-,15-,17+,18+/m0/s1. The SMILES string of the molecule is C[C@@H](CO[C@@H]1CCN([C@@H]2CCN(c3ncc(C(F)(F)F)cn3)C[C@@H]2C)C1=O)NC(=O)OC(C)(C)C. The number of nitrogens with one attached hydrogen (secondary N) is 1. The highest BCUT2D eigenvalue weighted by Crippen LogP contribution is 2.31. The van der Waals surface area contributed by atoms with Crippen molar-refractivity contribution >= 4 is 17.9 Å². The Kier molecular flexibility index (Phi) is 8.13. The number of nitrogens with zero attached hydrogens (tertiary/aromatic N) is 4. The molecule has 0 unspecified atom stereocenters. The van der Waals surface area contributed by atoms with Crippen molar-refractivity contribution < 1.29 is 32.2 Å². The van der Waals surface area contributed by atoms with Crippen LogP contribution in [0.2, 0.25) is 0 Å². The Bertz CT molecular complexity index is 891. The molecule has 3 heterocycles. The number of alkyl halides is 3. The van der Waals surface area contributed by atoms with Crippen LogP contribution in [0, 0.1) is 5.92 Å². The van der Waals surface area contributed by atoms with Crippen LogP contribution >= 0.6 is 0 Å². The Labute approximate surface area is 203 Å². The van der Waals surface area contributed by atoms with E-state index in [0.29, 0.717) is 32.5 Å². The van der Waals surface area contributed by atoms with Gasteiger partial charge in [-0.1, -0.05) is 6.92 Å². The molecule has 1 aromatic heterocycles. The molecule has 0 aromatic carbocycles. The average molecular weight is 502 g/mol. The molecule has 4 atom stereocenters. The third-order valence-corrected chi connectivity index (χ3v) is 6.01. The predicted molar refractivity (Wildman–Crippen MR) is 122 cm³/mol. The summed E-state index contributed by atoms with van der Waals surface area (Å²) >= 11 is 0. The second kappa shape index (κ2) is 10.5. The van der Waals surface area contributed by atoms with Gasteiger partial charge >= 0.3 is 12.3 Å². The van der Waals surface area contributed by atoms with Gasteiger partial charge in [-0.3, -0.25) is 4.79 Å². The van der Waals surface area contributed by atoms with Crippen molar-refractivity contribution in [2.24, 2.45) is 5.92 Å². The van der Waals surface area contributed by atoms with Gasteiger partial charge in [0.2, 0.25) is 5.95 Å². The van der Waals surface area contributed by atoms with Gasteiger partial charge in [-0.15, -0.1) is 0 Å². The fourth-order valence-corrected chi connectivity index (χ4v) is 4.38. The topological polar surface area (TPSA) is 96.9 Å². The zero-order valence-electron chi connectivity index (χ0n) is 20.8. The van der Waals surface area contributed by atoms with Gasteiger partial charge in [0.15, 0.2) is 0 Å². The number of aromatic nitrogens is 2. The molecule has 3 rings (SSSR count). The minimum atomic E-state index is -4.48. The number of hydrogen-bond donors (Lipinski definition) is 1. The Morgan fingerprint density at radius 1 is 1.20 bits per heavy atom. The van der Waals surface area contributed by atoms with E-state index in [1.54, 1.807) is 27.7 Å². The number of hydrogen-bond acceptors (Lipinski definition) is 7. The molecule has 2 fully saturated rings. The second-order valence-corrected chi connectivity index (χ2v) is 10.2. The van der Waals surface area contributed by atoms with E-state index in [4.69, 9.17) is 9.47 Å². The van der Waals surface area contributed by atoms with E-state index >= 15 is 0 Å². The number of piperidine rings is 1. The van der Waals surface area contributed by atoms with Gasteiger partial charge < -0.3 is 24.6 Å². The van der Waals surface area contributed by atoms with Crippen molar-refractivity contribution in [1.82, 2.24) is 20.2 Å². The summed E-state index contributed by atoms with van der Waals surface area (Å²) in [6.45, 7) is 10.9. The maximum atomic E-state index is 13.0. The highest BCUT2D eigenvalue weighted by atomic mass is 19.4. The summed E-state index contributed by atoms with van der Waals surface area (Å²) in [5, 5.41) is 2.70. The molecule has 12 heteroatoms. The first-order valence-corrected chi connectivity index (χ1v) is 11.8. The van der Waals surface area contributed by atoms with Crippen LogP contribution in [0.5, 0.6) is 0 Å². The van der Waals surface area contributed by atoms with Crippen molar-refractivity contribution in [1.29, 1.82) is 0 Å². The largest absolute Gasteiger partial charge is 0.444 e. The number of alkyl carbamates (subject to hydrolysis) is 1. The van der Waals surface area contributed by atoms with Crippen LogP contribution in [0.15, 0.2) is 12.4 Å². The van der Waals surface area contributed by atoms with E-state index < -0.39 is 29.5 Å². The Morgan fingerprint density at radius 3 is 2.43 bits per heavy atom. The maximum Gasteiger partial charge on any atom is 0.419 e. The first-order valence-electron chi connectivity index (χ1n) is 11.8. The van der Waals surface area contributed by atoms with Gasteiger partial charge in [-0.25, -0.2) is 14.8 Å². The average Bonchev–Trinajstić information content (AvgIpc) is 3.10. The molecular weight excluding hydrogens is 467 g/mol. The Hall–Kier alpha value is -2.63. The summed E-state index contributed by atoms with van der Waals surface area (Å²) in [5.74, 6) is 0.249. The minimum absolute atomic E-state index is 0.000824. The lowest BCUT2D eigenvalue weighted by atomic mass is 9.92. The van der Waals surface area contributed by atoms with E-state index in [1.807, 2.05) is 16.7 Å². The van der Waals surface area contributed by atoms with Crippen LogP contribution in [0.1, 0.15) is 53.0 Å². The summed E-state index contributed by atoms with van der Waals surface area (Å²) in [7, 11) is 0. The normalized spacial score (nSPS) is 24.5. The summed E-state index contributed by atoms with van der Waals surface area (Å²) in [6, 6.07) is -0.322. The molecule has 35 heavy (non-hydrogen) atoms. The number of likely N-dealkylation sites (tertiary alicyclic amines) is 1. The van der Waals surface area contributed by atoms with Gasteiger partial charge in [-0.2, -0.15) is 13.2 Å². The number of amides is 2. The molecule has 9 nitrogen and oxygen atoms in total. The smallest absolute Gasteiger partial charge is 0.419 e. The van der Waals surface area contributed by atoms with Gasteiger partial charge in [0.1, 0.15) is 11.7 Å². The molecule has 1 aromatic rings. The number of carbonyl (C=O) groups is 2. The Morgan fingerprint density at radius 2 is 1.86 bits per heavy atom. The van der Waals surface area contributed by atoms with Crippen LogP contribution < -0.4 is 10.2 Å². The lowest BCUT2D eigenvalue weighted by molar-refractivity contribution is -0.140. The second-order valence-electron chi connectivity index (χ2n) is 10.2. The molecule has 2 aliphatic rings. The minimum Gasteiger partial charge on any atom is -0.444 e. The van der Waals surface area contributed by atoms with E-state index in [9.17, 15) is 22.8 Å². The van der Waals surface area contributed by atoms with Crippen molar-refractivity contribution in [2.45, 2.75) is 77.4 Å². The van der Waals surface area contributed by atoms with Gasteiger partial charge in [0, 0.05) is 44.5 Å². The first kappa shape index (κ1) is 27.0. The number of ether oxygens (including phenoxy) is 2. The molecule has 2 saturated heterocycles. The van der Waals surface area contributed by atoms with E-state index in [1.165, 1.54) is 0 Å². The lowest BCUT2D eigenvalue weighted by Crippen LogP contribution is -2.52. The quantitative estimate of drug-likeness (QED) is 0.639. The summed E-state index contributed by atoms with van der Waals surface area (Å²) in [4.78, 5) is 36.4. The van der Waals surface area contributed by atoms with Gasteiger partial charge in [0.05, 0.1) is 18.2 Å². The van der Waals surface area contributed by atoms with Crippen LogP contribution in [0.4, 0.5) is 23.9 Å². The molecule has 2 aliphatic heterocycles. The monoisotopic (exact) mass is 501 g/mol. The molecule has 1 N–H and O–H groups in total. The Balaban J connectivity index is 1.48. The molecule has 0 radical (unpaired) electrons. The van der Waals surface area contributed by atoms with E-state index in [2.05, 4.69) is 15.3 Å². The summed E-state index contributed by atoms with van der Waals surface area (Å²) in [5.41, 5.74) is -1.48. The molecule has 2 amide bonds. The van der Waals surface area contributed by atoms with Crippen molar-refractivity contribution in [3.8, 4) is 0 Å². The van der Waals surface area contributed by atoms with Crippen LogP contribution in [-0.2, 0) is 20.4 Å². The van der Waals surface area contributed by atoms with Gasteiger partial charge in [0.25, 0.3) is 5.91 Å². The fourth-order valence-electron chi connectivity index (χ4n) is 4.38. The highest BCUT2D eigenvalue weighted by molar-refractivity contribution is 5.83. The molecule has 196 valence electrons. The fraction of sp³-hybridized carbons (Fsp3) is 0.739. The number of anilines is 1. The van der Waals surface area contributed by atoms with Gasteiger partial charge in [-0.05, 0) is 40.0 Å². The van der Waals surface area contributed by atoms with Crippen LogP contribution in [0.25, 0.3) is 0 Å². The van der Waals surface area contributed by atoms with Crippen molar-refractivity contribution in [3.63, 3.8) is 0 Å². The van der Waals surface area contributed by atoms with Crippen LogP contribution in [0.3, 0.4) is 0 Å². The maximum absolute atomic E-state index is 13.0. The predicted octanol–water partition coefficient (Wildman–Crippen LogP) is 3.24. The molecular formula is C23H34F3N5O4. The van der Waals surface area contributed by atoms with Crippen LogP contribution in [-0.4, -0.2) is 76.9 Å². The number of halogens is 3. The number of carbonyl (C=O) groups excluding carboxylic acids is 2. The zero-order chi connectivity index (χ0) is 26.0. The van der Waals surface area contributed by atoms with E-state index in [0.717, 1.165) is 12.4 Å². The molecule has 0 bridgehead atoms. The summed E-state index contributed by atoms with van der Waals surface area (Å²) < 4.78 is 49.3. The molecule has 0 spiro atoms. The third-order valence-electron chi connectivity index (χ3n) is 6.01. The molecule has 0 aliphatic carbocycles. The zero-order valence-corrected chi connectivity index (χ0v) is 20.8. The van der Waals surface area contributed by atoms with E-state index in [-0.39, 0.29) is 36.5 Å². The lowest BCUT2D eigenvalue weighted by Gasteiger charge is -2.41. The third kappa shape index (κ3) is 7.18. The molecule has 0 saturated carbocycles. The number of rotatable bonds is 6. The summed E-state index contributed by atoms with van der Waals surface area (Å²) in [6.07, 6.45) is -2.77. The highest BCUT2D eigenvalue weighted by Gasteiger charge is 2.41. The van der Waals surface area contributed by atoms with Crippen molar-refractivity contribution in [3.05, 3.63) is 18.0 Å². The van der Waals surface area contributed by atoms with Crippen molar-refractivity contribution in [2.75, 3.05) is 31.1 Å². The first-order chi connectivity index (χ1) is 16.2.